The molecule has 26 heavy (non-hydrogen) atoms. The average molecular weight is 351 g/mol. The fourth-order valence-corrected chi connectivity index (χ4v) is 3.24. The van der Waals surface area contributed by atoms with Crippen molar-refractivity contribution < 1.29 is 14.4 Å². The Balaban J connectivity index is 1.45. The van der Waals surface area contributed by atoms with E-state index in [0.29, 0.717) is 36.4 Å². The summed E-state index contributed by atoms with van der Waals surface area (Å²) in [6.07, 6.45) is 4.22. The first-order chi connectivity index (χ1) is 12.6. The van der Waals surface area contributed by atoms with Gasteiger partial charge in [-0.05, 0) is 23.8 Å². The highest BCUT2D eigenvalue weighted by Gasteiger charge is 2.40. The minimum Gasteiger partial charge on any atom is -0.335 e. The molecular formula is C18H17N5O3. The molecule has 1 fully saturated rings. The molecular weight excluding hydrogens is 334 g/mol. The number of H-pyrrole nitrogens is 1. The molecule has 0 spiro atoms. The molecule has 0 aliphatic carbocycles. The normalized spacial score (nSPS) is 16.2. The first-order valence-corrected chi connectivity index (χ1v) is 8.22. The van der Waals surface area contributed by atoms with Gasteiger partial charge in [-0.15, -0.1) is 0 Å². The van der Waals surface area contributed by atoms with Crippen molar-refractivity contribution in [3.63, 3.8) is 0 Å². The molecule has 1 aromatic heterocycles. The van der Waals surface area contributed by atoms with Crippen LogP contribution < -0.4 is 5.32 Å². The largest absolute Gasteiger partial charge is 0.335 e. The lowest BCUT2D eigenvalue weighted by Gasteiger charge is -2.43. The summed E-state index contributed by atoms with van der Waals surface area (Å²) in [6.45, 7) is 5.04. The smallest absolute Gasteiger partial charge is 0.258 e. The number of nitrogens with zero attached hydrogens (tertiary/aromatic N) is 3. The Kier molecular flexibility index (Phi) is 3.80. The summed E-state index contributed by atoms with van der Waals surface area (Å²) in [7, 11) is 0. The van der Waals surface area contributed by atoms with Gasteiger partial charge in [-0.25, -0.2) is 0 Å². The van der Waals surface area contributed by atoms with Gasteiger partial charge in [0.05, 0.1) is 17.8 Å². The SMILES string of the molecule is C=CC(=O)N1CC(N2Cc3ccc(NC(=O)c4cn[nH]c4)cc3C2=O)C1. The monoisotopic (exact) mass is 351 g/mol. The number of benzene rings is 1. The predicted octanol–water partition coefficient (Wildman–Crippen LogP) is 1.01. The van der Waals surface area contributed by atoms with Crippen LogP contribution in [0.15, 0.2) is 43.2 Å². The number of likely N-dealkylation sites (tertiary alicyclic amines) is 1. The third-order valence-electron chi connectivity index (χ3n) is 4.75. The molecule has 3 amide bonds. The Morgan fingerprint density at radius 3 is 2.85 bits per heavy atom. The van der Waals surface area contributed by atoms with Crippen molar-refractivity contribution >= 4 is 23.4 Å². The Hall–Kier alpha value is -3.42. The molecule has 0 atom stereocenters. The second kappa shape index (κ2) is 6.14. The molecule has 2 N–H and O–H groups in total. The second-order valence-electron chi connectivity index (χ2n) is 6.35. The standard InChI is InChI=1S/C18H17N5O3/c1-2-16(24)22-9-14(10-22)23-8-11-3-4-13(5-15(11)18(23)26)21-17(25)12-6-19-20-7-12/h2-7,14H,1,8-10H2,(H,19,20)(H,21,25). The van der Waals surface area contributed by atoms with Crippen LogP contribution in [0.5, 0.6) is 0 Å². The van der Waals surface area contributed by atoms with E-state index in [-0.39, 0.29) is 23.8 Å². The summed E-state index contributed by atoms with van der Waals surface area (Å²) in [6, 6.07) is 5.34. The molecule has 1 saturated heterocycles. The van der Waals surface area contributed by atoms with E-state index in [4.69, 9.17) is 0 Å². The number of amides is 3. The zero-order chi connectivity index (χ0) is 18.3. The van der Waals surface area contributed by atoms with Crippen LogP contribution in [0.3, 0.4) is 0 Å². The van der Waals surface area contributed by atoms with E-state index in [2.05, 4.69) is 22.1 Å². The number of hydrogen-bond acceptors (Lipinski definition) is 4. The van der Waals surface area contributed by atoms with Gasteiger partial charge in [0.25, 0.3) is 11.8 Å². The average Bonchev–Trinajstić information content (AvgIpc) is 3.23. The molecule has 3 heterocycles. The second-order valence-corrected chi connectivity index (χ2v) is 6.35. The third kappa shape index (κ3) is 2.65. The summed E-state index contributed by atoms with van der Waals surface area (Å²) < 4.78 is 0. The van der Waals surface area contributed by atoms with Crippen molar-refractivity contribution in [1.29, 1.82) is 0 Å². The van der Waals surface area contributed by atoms with E-state index in [1.165, 1.54) is 18.5 Å². The minimum absolute atomic E-state index is 0.0165. The summed E-state index contributed by atoms with van der Waals surface area (Å²) in [5.74, 6) is -0.483. The molecule has 0 saturated carbocycles. The number of aromatic amines is 1. The van der Waals surface area contributed by atoms with Crippen LogP contribution in [-0.4, -0.2) is 56.9 Å². The van der Waals surface area contributed by atoms with Crippen LogP contribution >= 0.6 is 0 Å². The predicted molar refractivity (Wildman–Crippen MR) is 93.4 cm³/mol. The fraction of sp³-hybridized carbons (Fsp3) is 0.222. The highest BCUT2D eigenvalue weighted by atomic mass is 16.2. The van der Waals surface area contributed by atoms with Crippen molar-refractivity contribution in [3.8, 4) is 0 Å². The van der Waals surface area contributed by atoms with Crippen molar-refractivity contribution in [3.05, 3.63) is 59.9 Å². The van der Waals surface area contributed by atoms with Gasteiger partial charge in [-0.2, -0.15) is 5.10 Å². The van der Waals surface area contributed by atoms with E-state index < -0.39 is 0 Å². The van der Waals surface area contributed by atoms with Gasteiger partial charge in [0.15, 0.2) is 0 Å². The zero-order valence-corrected chi connectivity index (χ0v) is 13.9. The summed E-state index contributed by atoms with van der Waals surface area (Å²) >= 11 is 0. The van der Waals surface area contributed by atoms with Gasteiger partial charge < -0.3 is 15.1 Å². The molecule has 8 nitrogen and oxygen atoms in total. The topological polar surface area (TPSA) is 98.4 Å². The molecule has 2 aliphatic heterocycles. The van der Waals surface area contributed by atoms with Crippen molar-refractivity contribution in [1.82, 2.24) is 20.0 Å². The van der Waals surface area contributed by atoms with Crippen LogP contribution in [0.1, 0.15) is 26.3 Å². The number of carbonyl (C=O) groups is 3. The van der Waals surface area contributed by atoms with Crippen molar-refractivity contribution in [2.75, 3.05) is 18.4 Å². The number of carbonyl (C=O) groups excluding carboxylic acids is 3. The molecule has 132 valence electrons. The molecule has 8 heteroatoms. The van der Waals surface area contributed by atoms with Crippen LogP contribution in [0.25, 0.3) is 0 Å². The van der Waals surface area contributed by atoms with Gasteiger partial charge in [0.2, 0.25) is 5.91 Å². The molecule has 0 unspecified atom stereocenters. The van der Waals surface area contributed by atoms with Gasteiger partial charge in [0.1, 0.15) is 0 Å². The maximum atomic E-state index is 12.7. The maximum absolute atomic E-state index is 12.7. The Morgan fingerprint density at radius 2 is 2.15 bits per heavy atom. The van der Waals surface area contributed by atoms with Gasteiger partial charge in [0, 0.05) is 37.1 Å². The quantitative estimate of drug-likeness (QED) is 0.803. The van der Waals surface area contributed by atoms with Crippen LogP contribution in [0, 0.1) is 0 Å². The third-order valence-corrected chi connectivity index (χ3v) is 4.75. The minimum atomic E-state index is -0.293. The highest BCUT2D eigenvalue weighted by Crippen LogP contribution is 2.30. The summed E-state index contributed by atoms with van der Waals surface area (Å²) in [5, 5.41) is 9.09. The van der Waals surface area contributed by atoms with E-state index in [0.717, 1.165) is 5.56 Å². The van der Waals surface area contributed by atoms with E-state index in [1.807, 2.05) is 6.07 Å². The van der Waals surface area contributed by atoms with Crippen LogP contribution in [-0.2, 0) is 11.3 Å². The lowest BCUT2D eigenvalue weighted by atomic mass is 10.1. The summed E-state index contributed by atoms with van der Waals surface area (Å²) in [5.41, 5.74) is 2.48. The first kappa shape index (κ1) is 16.1. The van der Waals surface area contributed by atoms with Crippen LogP contribution in [0.4, 0.5) is 5.69 Å². The number of nitrogens with one attached hydrogen (secondary N) is 2. The maximum Gasteiger partial charge on any atom is 0.258 e. The Bertz CT molecular complexity index is 900. The number of fused-ring (bicyclic) bond motifs is 1. The molecule has 0 bridgehead atoms. The van der Waals surface area contributed by atoms with Crippen LogP contribution in [0.2, 0.25) is 0 Å². The molecule has 0 radical (unpaired) electrons. The molecule has 2 aliphatic rings. The van der Waals surface area contributed by atoms with E-state index >= 15 is 0 Å². The summed E-state index contributed by atoms with van der Waals surface area (Å²) in [4.78, 5) is 39.8. The first-order valence-electron chi connectivity index (χ1n) is 8.22. The van der Waals surface area contributed by atoms with Crippen molar-refractivity contribution in [2.24, 2.45) is 0 Å². The van der Waals surface area contributed by atoms with Gasteiger partial charge in [-0.1, -0.05) is 12.6 Å². The molecule has 2 aromatic rings. The van der Waals surface area contributed by atoms with E-state index in [1.54, 1.807) is 21.9 Å². The fourth-order valence-electron chi connectivity index (χ4n) is 3.24. The lowest BCUT2D eigenvalue weighted by molar-refractivity contribution is -0.132. The number of hydrogen-bond donors (Lipinski definition) is 2. The lowest BCUT2D eigenvalue weighted by Crippen LogP contribution is -2.60. The molecule has 1 aromatic carbocycles. The Morgan fingerprint density at radius 1 is 1.35 bits per heavy atom. The molecule has 4 rings (SSSR count). The van der Waals surface area contributed by atoms with Gasteiger partial charge >= 0.3 is 0 Å². The highest BCUT2D eigenvalue weighted by molar-refractivity contribution is 6.05. The number of rotatable bonds is 4. The van der Waals surface area contributed by atoms with E-state index in [9.17, 15) is 14.4 Å². The zero-order valence-electron chi connectivity index (χ0n) is 13.9. The van der Waals surface area contributed by atoms with Gasteiger partial charge in [-0.3, -0.25) is 19.5 Å². The van der Waals surface area contributed by atoms with Crippen molar-refractivity contribution in [2.45, 2.75) is 12.6 Å². The number of anilines is 1. The number of aromatic nitrogens is 2. The Labute approximate surface area is 149 Å².